The molecule has 0 aliphatic rings. The van der Waals surface area contributed by atoms with Crippen LogP contribution < -0.4 is 17.2 Å². The van der Waals surface area contributed by atoms with E-state index in [2.05, 4.69) is 101 Å². The molecule has 1 unspecified atom stereocenters. The Bertz CT molecular complexity index is 987. The summed E-state index contributed by atoms with van der Waals surface area (Å²) in [6.45, 7) is 26.6. The highest BCUT2D eigenvalue weighted by molar-refractivity contribution is 5.77. The minimum absolute atomic E-state index is 0.153. The van der Waals surface area contributed by atoms with Gasteiger partial charge in [-0.3, -0.25) is 4.99 Å². The maximum atomic E-state index is 8.83. The van der Waals surface area contributed by atoms with Crippen molar-refractivity contribution < 1.29 is 10.2 Å². The minimum atomic E-state index is -0.252. The molecule has 0 bridgehead atoms. The number of amidine groups is 1. The van der Waals surface area contributed by atoms with Crippen molar-refractivity contribution in [1.82, 2.24) is 0 Å². The smallest absolute Gasteiger partial charge is 0.180 e. The van der Waals surface area contributed by atoms with Gasteiger partial charge in [0.2, 0.25) is 0 Å². The van der Waals surface area contributed by atoms with Crippen LogP contribution in [0, 0.1) is 0 Å². The van der Waals surface area contributed by atoms with Crippen LogP contribution in [0.15, 0.2) is 104 Å². The second-order valence-corrected chi connectivity index (χ2v) is 8.68. The molecule has 3 aromatic carbocycles. The van der Waals surface area contributed by atoms with Gasteiger partial charge in [0.1, 0.15) is 0 Å². The number of phenolic OH excluding ortho intramolecular Hbond substituents is 2. The standard InChI is InChI=1S/C9H13N.C8H10.C6H12N2.C6H7NO2.C4H10.C2H6.C2H4/c1-2-8-3-5-9(7-10)6-4-8;1-2-8-6-4-3-5-7-8;1-4-5(2)8-6(3)7;7-4-2-1-3-5(8)6(4)9;1-3-4-2;2*1-2/h3-6H,2,7,10H2,1H3;3-7H,2H2,1H3;4-5H,1H2,2-3H3,(H2,7,8);1-3,8-9H,7H2;3-4H2,1-2H3;1-2H3;1-2H2. The Balaban J connectivity index is -0.000000219. The summed E-state index contributed by atoms with van der Waals surface area (Å²) in [7, 11) is 0. The fourth-order valence-electron chi connectivity index (χ4n) is 2.55. The third kappa shape index (κ3) is 29.3. The number of aryl methyl sites for hydroxylation is 2. The van der Waals surface area contributed by atoms with Crippen LogP contribution in [0.1, 0.15) is 84.9 Å². The maximum absolute atomic E-state index is 8.83. The number of rotatable bonds is 6. The van der Waals surface area contributed by atoms with E-state index in [4.69, 9.17) is 27.4 Å². The van der Waals surface area contributed by atoms with Gasteiger partial charge in [0.25, 0.3) is 0 Å². The lowest BCUT2D eigenvalue weighted by Crippen LogP contribution is -2.08. The van der Waals surface area contributed by atoms with Gasteiger partial charge in [-0.25, -0.2) is 0 Å². The third-order valence-electron chi connectivity index (χ3n) is 5.21. The number of nitrogen functional groups attached to an aromatic ring is 1. The van der Waals surface area contributed by atoms with Gasteiger partial charge in [-0.2, -0.15) is 0 Å². The van der Waals surface area contributed by atoms with Crippen LogP contribution in [0.4, 0.5) is 5.69 Å². The minimum Gasteiger partial charge on any atom is -0.504 e. The Kier molecular flexibility index (Phi) is 36.5. The van der Waals surface area contributed by atoms with E-state index in [-0.39, 0.29) is 23.2 Å². The van der Waals surface area contributed by atoms with Crippen molar-refractivity contribution in [2.45, 2.75) is 93.7 Å². The number of unbranched alkanes of at least 4 members (excludes halogenated alkanes) is 1. The number of nitrogens with two attached hydrogens (primary N) is 3. The van der Waals surface area contributed by atoms with E-state index < -0.39 is 0 Å². The third-order valence-corrected chi connectivity index (χ3v) is 5.21. The van der Waals surface area contributed by atoms with Gasteiger partial charge < -0.3 is 27.4 Å². The zero-order valence-electron chi connectivity index (χ0n) is 28.3. The average molecular weight is 595 g/mol. The molecular formula is C37H62N4O2. The van der Waals surface area contributed by atoms with E-state index in [1.165, 1.54) is 41.7 Å². The van der Waals surface area contributed by atoms with Gasteiger partial charge in [-0.05, 0) is 55.5 Å². The number of hydrogen-bond donors (Lipinski definition) is 5. The van der Waals surface area contributed by atoms with E-state index in [1.807, 2.05) is 26.8 Å². The summed E-state index contributed by atoms with van der Waals surface area (Å²) in [5.41, 5.74) is 20.1. The molecule has 6 heteroatoms. The molecule has 1 atom stereocenters. The molecule has 0 aromatic heterocycles. The SMILES string of the molecule is C=C.C=CC(C)N=C(C)N.CC.CCCC.CCc1ccc(CN)cc1.CCc1ccccc1.Nc1cccc(O)c1O. The molecule has 0 amide bonds. The normalized spacial score (nSPS) is 9.74. The van der Waals surface area contributed by atoms with Crippen molar-refractivity contribution in [1.29, 1.82) is 0 Å². The summed E-state index contributed by atoms with van der Waals surface area (Å²) in [6, 6.07) is 23.5. The Morgan fingerprint density at radius 2 is 1.23 bits per heavy atom. The second kappa shape index (κ2) is 34.2. The van der Waals surface area contributed by atoms with Crippen molar-refractivity contribution >= 4 is 11.5 Å². The number of hydrogen-bond acceptors (Lipinski definition) is 5. The first-order valence-corrected chi connectivity index (χ1v) is 15.1. The fraction of sp³-hybridized carbons (Fsp3) is 0.378. The quantitative estimate of drug-likeness (QED) is 0.0638. The van der Waals surface area contributed by atoms with Gasteiger partial charge in [-0.15, -0.1) is 19.7 Å². The lowest BCUT2D eigenvalue weighted by Gasteiger charge is -1.97. The van der Waals surface area contributed by atoms with Crippen LogP contribution in [0.3, 0.4) is 0 Å². The molecule has 0 saturated heterocycles. The molecule has 242 valence electrons. The first-order chi connectivity index (χ1) is 20.6. The molecule has 43 heavy (non-hydrogen) atoms. The molecule has 0 saturated carbocycles. The van der Waals surface area contributed by atoms with Crippen LogP contribution in [-0.4, -0.2) is 22.1 Å². The van der Waals surface area contributed by atoms with E-state index in [0.29, 0.717) is 12.4 Å². The monoisotopic (exact) mass is 594 g/mol. The largest absolute Gasteiger partial charge is 0.504 e. The van der Waals surface area contributed by atoms with Crippen molar-refractivity contribution in [3.05, 3.63) is 115 Å². The van der Waals surface area contributed by atoms with Gasteiger partial charge >= 0.3 is 0 Å². The maximum Gasteiger partial charge on any atom is 0.180 e. The molecular weight excluding hydrogens is 532 g/mol. The molecule has 6 nitrogen and oxygen atoms in total. The fourth-order valence-corrected chi connectivity index (χ4v) is 2.55. The highest BCUT2D eigenvalue weighted by Crippen LogP contribution is 2.29. The van der Waals surface area contributed by atoms with Gasteiger partial charge in [0, 0.05) is 6.54 Å². The van der Waals surface area contributed by atoms with Gasteiger partial charge in [0.15, 0.2) is 11.5 Å². The average Bonchev–Trinajstić information content (AvgIpc) is 3.06. The summed E-state index contributed by atoms with van der Waals surface area (Å²) in [5.74, 6) is 0.171. The van der Waals surface area contributed by atoms with Crippen LogP contribution in [0.5, 0.6) is 11.5 Å². The predicted octanol–water partition coefficient (Wildman–Crippen LogP) is 9.21. The number of phenols is 2. The Hall–Kier alpha value is -4.03. The zero-order chi connectivity index (χ0) is 34.1. The van der Waals surface area contributed by atoms with Crippen LogP contribution >= 0.6 is 0 Å². The van der Waals surface area contributed by atoms with Crippen LogP contribution in [-0.2, 0) is 19.4 Å². The van der Waals surface area contributed by atoms with E-state index in [0.717, 1.165) is 12.8 Å². The van der Waals surface area contributed by atoms with E-state index in [1.54, 1.807) is 19.1 Å². The number of para-hydroxylation sites is 1. The molecule has 3 rings (SSSR count). The number of aromatic hydroxyl groups is 2. The highest BCUT2D eigenvalue weighted by Gasteiger charge is 1.99. The van der Waals surface area contributed by atoms with E-state index >= 15 is 0 Å². The Morgan fingerprint density at radius 3 is 1.51 bits per heavy atom. The topological polar surface area (TPSA) is 131 Å². The highest BCUT2D eigenvalue weighted by atomic mass is 16.3. The van der Waals surface area contributed by atoms with Crippen LogP contribution in [0.2, 0.25) is 0 Å². The summed E-state index contributed by atoms with van der Waals surface area (Å²) in [4.78, 5) is 3.97. The number of benzene rings is 3. The predicted molar refractivity (Wildman–Crippen MR) is 194 cm³/mol. The summed E-state index contributed by atoms with van der Waals surface area (Å²) in [6.07, 6.45) is 6.63. The van der Waals surface area contributed by atoms with Crippen molar-refractivity contribution in [3.63, 3.8) is 0 Å². The summed E-state index contributed by atoms with van der Waals surface area (Å²) in [5, 5.41) is 17.6. The molecule has 3 aromatic rings. The van der Waals surface area contributed by atoms with Crippen molar-refractivity contribution in [3.8, 4) is 11.5 Å². The Morgan fingerprint density at radius 1 is 0.791 bits per heavy atom. The van der Waals surface area contributed by atoms with Crippen LogP contribution in [0.25, 0.3) is 0 Å². The lowest BCUT2D eigenvalue weighted by molar-refractivity contribution is 0.405. The first-order valence-electron chi connectivity index (χ1n) is 15.1. The molecule has 0 heterocycles. The second-order valence-electron chi connectivity index (χ2n) is 8.68. The molecule has 0 radical (unpaired) electrons. The molecule has 0 aliphatic heterocycles. The lowest BCUT2D eigenvalue weighted by atomic mass is 10.1. The number of anilines is 1. The Labute approximate surface area is 264 Å². The zero-order valence-corrected chi connectivity index (χ0v) is 28.3. The first kappa shape index (κ1) is 45.9. The molecule has 8 N–H and O–H groups in total. The number of aliphatic imine (C=N–C) groups is 1. The number of nitrogens with zero attached hydrogens (tertiary/aromatic N) is 1. The molecule has 0 fully saturated rings. The van der Waals surface area contributed by atoms with E-state index in [9.17, 15) is 0 Å². The van der Waals surface area contributed by atoms with Gasteiger partial charge in [-0.1, -0.05) is 121 Å². The summed E-state index contributed by atoms with van der Waals surface area (Å²) < 4.78 is 0. The molecule has 0 aliphatic carbocycles. The van der Waals surface area contributed by atoms with Crippen molar-refractivity contribution in [2.24, 2.45) is 16.5 Å². The summed E-state index contributed by atoms with van der Waals surface area (Å²) >= 11 is 0. The molecule has 0 spiro atoms. The van der Waals surface area contributed by atoms with Gasteiger partial charge in [0.05, 0.1) is 17.6 Å². The van der Waals surface area contributed by atoms with Crippen molar-refractivity contribution in [2.75, 3.05) is 5.73 Å².